The average Bonchev–Trinajstić information content (AvgIpc) is 2.45. The van der Waals surface area contributed by atoms with Gasteiger partial charge in [-0.3, -0.25) is 4.68 Å². The normalized spacial score (nSPS) is 10.9. The number of rotatable bonds is 1. The maximum Gasteiger partial charge on any atom is 0.223 e. The van der Waals surface area contributed by atoms with Crippen molar-refractivity contribution in [2.75, 3.05) is 12.4 Å². The minimum Gasteiger partial charge on any atom is -0.357 e. The van der Waals surface area contributed by atoms with Gasteiger partial charge < -0.3 is 5.32 Å². The summed E-state index contributed by atoms with van der Waals surface area (Å²) in [5, 5.41) is 7.29. The highest BCUT2D eigenvalue weighted by Crippen LogP contribution is 2.18. The number of aromatic nitrogens is 4. The fraction of sp³-hybridized carbons (Fsp3) is 0.444. The first-order chi connectivity index (χ1) is 6.63. The van der Waals surface area contributed by atoms with E-state index in [9.17, 15) is 0 Å². The van der Waals surface area contributed by atoms with Crippen LogP contribution in [0.1, 0.15) is 11.4 Å². The number of hydrogen-bond donors (Lipinski definition) is 1. The summed E-state index contributed by atoms with van der Waals surface area (Å²) in [6.45, 7) is 3.94. The van der Waals surface area contributed by atoms with Crippen LogP contribution in [0.25, 0.3) is 11.0 Å². The molecule has 0 amide bonds. The zero-order chi connectivity index (χ0) is 10.3. The van der Waals surface area contributed by atoms with Gasteiger partial charge in [0, 0.05) is 14.1 Å². The standard InChI is InChI=1S/C9H13N5/c1-5-7-8(6(2)14(4)13-7)12-9(10-3)11-5/h1-4H3,(H,10,12). The second kappa shape index (κ2) is 2.94. The third-order valence-electron chi connectivity index (χ3n) is 2.36. The molecule has 0 aromatic carbocycles. The van der Waals surface area contributed by atoms with E-state index in [-0.39, 0.29) is 0 Å². The van der Waals surface area contributed by atoms with Crippen molar-refractivity contribution in [3.8, 4) is 0 Å². The lowest BCUT2D eigenvalue weighted by Gasteiger charge is -1.99. The summed E-state index contributed by atoms with van der Waals surface area (Å²) in [5.41, 5.74) is 3.76. The SMILES string of the molecule is CNc1nc(C)c2nn(C)c(C)c2n1. The molecule has 0 saturated heterocycles. The Morgan fingerprint density at radius 3 is 2.50 bits per heavy atom. The number of anilines is 1. The first kappa shape index (κ1) is 8.93. The lowest BCUT2D eigenvalue weighted by atomic mass is 10.3. The Kier molecular flexibility index (Phi) is 1.87. The van der Waals surface area contributed by atoms with Crippen LogP contribution >= 0.6 is 0 Å². The van der Waals surface area contributed by atoms with Gasteiger partial charge in [-0.15, -0.1) is 0 Å². The number of fused-ring (bicyclic) bond motifs is 1. The average molecular weight is 191 g/mol. The molecular weight excluding hydrogens is 178 g/mol. The zero-order valence-electron chi connectivity index (χ0n) is 8.79. The molecule has 0 aliphatic heterocycles. The summed E-state index contributed by atoms with van der Waals surface area (Å²) in [6, 6.07) is 0. The molecule has 2 heterocycles. The van der Waals surface area contributed by atoms with E-state index < -0.39 is 0 Å². The Hall–Kier alpha value is -1.65. The molecule has 2 rings (SSSR count). The molecule has 5 nitrogen and oxygen atoms in total. The molecule has 0 bridgehead atoms. The van der Waals surface area contributed by atoms with E-state index >= 15 is 0 Å². The van der Waals surface area contributed by atoms with Gasteiger partial charge in [0.05, 0.1) is 11.4 Å². The maximum absolute atomic E-state index is 4.37. The van der Waals surface area contributed by atoms with Crippen LogP contribution in [-0.2, 0) is 7.05 Å². The third kappa shape index (κ3) is 1.13. The van der Waals surface area contributed by atoms with Crippen molar-refractivity contribution in [2.24, 2.45) is 7.05 Å². The Balaban J connectivity index is 2.83. The van der Waals surface area contributed by atoms with E-state index in [0.717, 1.165) is 22.4 Å². The summed E-state index contributed by atoms with van der Waals surface area (Å²) >= 11 is 0. The number of hydrogen-bond acceptors (Lipinski definition) is 4. The smallest absolute Gasteiger partial charge is 0.223 e. The van der Waals surface area contributed by atoms with Crippen LogP contribution in [-0.4, -0.2) is 26.8 Å². The quantitative estimate of drug-likeness (QED) is 0.731. The summed E-state index contributed by atoms with van der Waals surface area (Å²) in [7, 11) is 3.72. The predicted molar refractivity (Wildman–Crippen MR) is 55.3 cm³/mol. The molecule has 0 atom stereocenters. The molecule has 0 unspecified atom stereocenters. The first-order valence-electron chi connectivity index (χ1n) is 4.49. The van der Waals surface area contributed by atoms with Crippen molar-refractivity contribution in [3.05, 3.63) is 11.4 Å². The van der Waals surface area contributed by atoms with Crippen LogP contribution in [0.15, 0.2) is 0 Å². The van der Waals surface area contributed by atoms with Gasteiger partial charge in [0.1, 0.15) is 11.0 Å². The molecule has 0 radical (unpaired) electrons. The van der Waals surface area contributed by atoms with Crippen molar-refractivity contribution in [3.63, 3.8) is 0 Å². The number of nitrogens with zero attached hydrogens (tertiary/aromatic N) is 4. The fourth-order valence-electron chi connectivity index (χ4n) is 1.43. The zero-order valence-corrected chi connectivity index (χ0v) is 8.79. The minimum absolute atomic E-state index is 0.645. The van der Waals surface area contributed by atoms with Crippen molar-refractivity contribution in [1.82, 2.24) is 19.7 Å². The van der Waals surface area contributed by atoms with Gasteiger partial charge in [-0.2, -0.15) is 5.10 Å². The molecule has 74 valence electrons. The van der Waals surface area contributed by atoms with Crippen molar-refractivity contribution in [2.45, 2.75) is 13.8 Å². The second-order valence-electron chi connectivity index (χ2n) is 3.29. The highest BCUT2D eigenvalue weighted by molar-refractivity contribution is 5.80. The molecular formula is C9H13N5. The minimum atomic E-state index is 0.645. The van der Waals surface area contributed by atoms with Gasteiger partial charge in [0.2, 0.25) is 5.95 Å². The van der Waals surface area contributed by atoms with Crippen molar-refractivity contribution in [1.29, 1.82) is 0 Å². The Morgan fingerprint density at radius 1 is 1.14 bits per heavy atom. The van der Waals surface area contributed by atoms with Gasteiger partial charge in [-0.1, -0.05) is 0 Å². The number of nitrogens with one attached hydrogen (secondary N) is 1. The second-order valence-corrected chi connectivity index (χ2v) is 3.29. The van der Waals surface area contributed by atoms with Crippen LogP contribution < -0.4 is 5.32 Å². The first-order valence-corrected chi connectivity index (χ1v) is 4.49. The molecule has 0 saturated carbocycles. The topological polar surface area (TPSA) is 55.6 Å². The van der Waals surface area contributed by atoms with Crippen LogP contribution in [0, 0.1) is 13.8 Å². The highest BCUT2D eigenvalue weighted by atomic mass is 15.3. The fourth-order valence-corrected chi connectivity index (χ4v) is 1.43. The van der Waals surface area contributed by atoms with E-state index in [0.29, 0.717) is 5.95 Å². The monoisotopic (exact) mass is 191 g/mol. The molecule has 2 aromatic heterocycles. The Bertz CT molecular complexity index is 485. The molecule has 0 aliphatic rings. The van der Waals surface area contributed by atoms with Crippen molar-refractivity contribution < 1.29 is 0 Å². The Morgan fingerprint density at radius 2 is 1.86 bits per heavy atom. The van der Waals surface area contributed by atoms with E-state index in [2.05, 4.69) is 20.4 Å². The molecule has 0 aliphatic carbocycles. The lowest BCUT2D eigenvalue weighted by Crippen LogP contribution is -1.98. The summed E-state index contributed by atoms with van der Waals surface area (Å²) < 4.78 is 1.83. The van der Waals surface area contributed by atoms with E-state index in [1.165, 1.54) is 0 Å². The predicted octanol–water partition coefficient (Wildman–Crippen LogP) is 1.02. The molecule has 1 N–H and O–H groups in total. The summed E-state index contributed by atoms with van der Waals surface area (Å²) in [4.78, 5) is 8.65. The van der Waals surface area contributed by atoms with Crippen LogP contribution in [0.2, 0.25) is 0 Å². The van der Waals surface area contributed by atoms with Crippen LogP contribution in [0.3, 0.4) is 0 Å². The molecule has 5 heteroatoms. The van der Waals surface area contributed by atoms with E-state index in [1.54, 1.807) is 0 Å². The molecule has 0 fully saturated rings. The van der Waals surface area contributed by atoms with Crippen LogP contribution in [0.4, 0.5) is 5.95 Å². The summed E-state index contributed by atoms with van der Waals surface area (Å²) in [6.07, 6.45) is 0. The van der Waals surface area contributed by atoms with Gasteiger partial charge in [0.15, 0.2) is 0 Å². The van der Waals surface area contributed by atoms with Gasteiger partial charge in [-0.25, -0.2) is 9.97 Å². The third-order valence-corrected chi connectivity index (χ3v) is 2.36. The van der Waals surface area contributed by atoms with E-state index in [4.69, 9.17) is 0 Å². The highest BCUT2D eigenvalue weighted by Gasteiger charge is 2.10. The molecule has 14 heavy (non-hydrogen) atoms. The molecule has 2 aromatic rings. The number of aryl methyl sites for hydroxylation is 3. The van der Waals surface area contributed by atoms with Crippen molar-refractivity contribution >= 4 is 17.0 Å². The lowest BCUT2D eigenvalue weighted by molar-refractivity contribution is 0.749. The summed E-state index contributed by atoms with van der Waals surface area (Å²) in [5.74, 6) is 0.645. The Labute approximate surface area is 82.2 Å². The van der Waals surface area contributed by atoms with Gasteiger partial charge >= 0.3 is 0 Å². The largest absolute Gasteiger partial charge is 0.357 e. The maximum atomic E-state index is 4.37. The van der Waals surface area contributed by atoms with Gasteiger partial charge in [-0.05, 0) is 13.8 Å². The van der Waals surface area contributed by atoms with Gasteiger partial charge in [0.25, 0.3) is 0 Å². The van der Waals surface area contributed by atoms with Crippen LogP contribution in [0.5, 0.6) is 0 Å². The van der Waals surface area contributed by atoms with E-state index in [1.807, 2.05) is 32.6 Å². The molecule has 0 spiro atoms.